The van der Waals surface area contributed by atoms with Crippen LogP contribution in [0.1, 0.15) is 66.7 Å². The Morgan fingerprint density at radius 1 is 1.41 bits per heavy atom. The van der Waals surface area contributed by atoms with Crippen molar-refractivity contribution in [2.75, 3.05) is 13.7 Å². The molecular formula is C21H32BrNO3S. The molecule has 1 aromatic carbocycles. The Morgan fingerprint density at radius 3 is 2.63 bits per heavy atom. The predicted octanol–water partition coefficient (Wildman–Crippen LogP) is 4.21. The molecule has 0 heterocycles. The average molecular weight is 460 g/mol. The van der Waals surface area contributed by atoms with Crippen LogP contribution in [-0.2, 0) is 27.7 Å². The lowest BCUT2D eigenvalue weighted by Crippen LogP contribution is -2.58. The van der Waals surface area contributed by atoms with E-state index in [2.05, 4.69) is 26.7 Å². The molecule has 152 valence electrons. The zero-order valence-corrected chi connectivity index (χ0v) is 19.0. The fourth-order valence-electron chi connectivity index (χ4n) is 4.80. The van der Waals surface area contributed by atoms with E-state index in [0.717, 1.165) is 47.7 Å². The quantitative estimate of drug-likeness (QED) is 0.692. The van der Waals surface area contributed by atoms with Gasteiger partial charge in [-0.3, -0.25) is 0 Å². The highest BCUT2D eigenvalue weighted by Crippen LogP contribution is 2.59. The zero-order chi connectivity index (χ0) is 21.7. The van der Waals surface area contributed by atoms with Crippen LogP contribution in [0.15, 0.2) is 22.7 Å². The van der Waals surface area contributed by atoms with Gasteiger partial charge in [0.05, 0.1) is 30.1 Å². The van der Waals surface area contributed by atoms with E-state index >= 15 is 0 Å². The molecule has 2 aliphatic carbocycles. The molecule has 1 fully saturated rings. The molecule has 0 radical (unpaired) electrons. The fourth-order valence-corrected chi connectivity index (χ4v) is 6.18. The summed E-state index contributed by atoms with van der Waals surface area (Å²) in [6.07, 6.45) is 4.19. The van der Waals surface area contributed by atoms with Crippen molar-refractivity contribution >= 4 is 26.9 Å². The number of nitrogens with one attached hydrogen (secondary N) is 1. The molecule has 0 saturated heterocycles. The Bertz CT molecular complexity index is 785. The third-order valence-corrected chi connectivity index (χ3v) is 8.50. The number of halogens is 1. The van der Waals surface area contributed by atoms with Crippen LogP contribution in [0.3, 0.4) is 0 Å². The van der Waals surface area contributed by atoms with E-state index in [4.69, 9.17) is 7.48 Å². The van der Waals surface area contributed by atoms with E-state index in [1.165, 1.54) is 0 Å². The molecule has 3 rings (SSSR count). The summed E-state index contributed by atoms with van der Waals surface area (Å²) < 4.78 is 38.7. The van der Waals surface area contributed by atoms with E-state index in [0.29, 0.717) is 0 Å². The highest BCUT2D eigenvalue weighted by atomic mass is 79.9. The molecule has 0 aromatic heterocycles. The van der Waals surface area contributed by atoms with Gasteiger partial charge in [0.25, 0.3) is 0 Å². The van der Waals surface area contributed by atoms with Gasteiger partial charge in [-0.25, -0.2) is 8.93 Å². The largest absolute Gasteiger partial charge is 0.396 e. The maximum atomic E-state index is 13.3. The summed E-state index contributed by atoms with van der Waals surface area (Å²) in [4.78, 5) is 0. The second kappa shape index (κ2) is 7.86. The molecule has 1 spiro atoms. The number of fused-ring (bicyclic) bond motifs is 1. The number of hydrogen-bond donors (Lipinski definition) is 2. The number of hydrogen-bond acceptors (Lipinski definition) is 3. The summed E-state index contributed by atoms with van der Waals surface area (Å²) in [6, 6.07) is 6.07. The monoisotopic (exact) mass is 459 g/mol. The second-order valence-corrected chi connectivity index (χ2v) is 11.8. The van der Waals surface area contributed by atoms with Crippen molar-refractivity contribution in [3.05, 3.63) is 33.8 Å². The van der Waals surface area contributed by atoms with E-state index in [-0.39, 0.29) is 17.9 Å². The van der Waals surface area contributed by atoms with Gasteiger partial charge in [0, 0.05) is 18.1 Å². The highest BCUT2D eigenvalue weighted by Gasteiger charge is 2.59. The standard InChI is InChI=1S/C21H32BrNO3S/c1-19(2,3)27(25)23-21(11-12-24)18-13-16(22)6-5-15(18)14-20(21)9-7-17(26-4)8-10-20/h5-6,13,17,23-24H,7-12,14H2,1-4H3/i12D2. The van der Waals surface area contributed by atoms with Crippen LogP contribution < -0.4 is 4.72 Å². The number of aliphatic hydroxyl groups is 1. The van der Waals surface area contributed by atoms with Gasteiger partial charge in [0.2, 0.25) is 0 Å². The molecule has 0 amide bonds. The molecular weight excluding hydrogens is 426 g/mol. The smallest absolute Gasteiger partial charge is 0.0978 e. The second-order valence-electron chi connectivity index (χ2n) is 8.92. The van der Waals surface area contributed by atoms with E-state index < -0.39 is 27.8 Å². The molecule has 27 heavy (non-hydrogen) atoms. The van der Waals surface area contributed by atoms with Crippen molar-refractivity contribution in [2.45, 2.75) is 75.7 Å². The zero-order valence-electron chi connectivity index (χ0n) is 18.6. The first-order valence-electron chi connectivity index (χ1n) is 10.6. The third-order valence-electron chi connectivity index (χ3n) is 6.36. The molecule has 2 aliphatic rings. The van der Waals surface area contributed by atoms with Gasteiger partial charge in [0.15, 0.2) is 0 Å². The molecule has 0 bridgehead atoms. The van der Waals surface area contributed by atoms with Gasteiger partial charge in [-0.1, -0.05) is 22.0 Å². The average Bonchev–Trinajstić information content (AvgIpc) is 2.83. The lowest BCUT2D eigenvalue weighted by Gasteiger charge is -2.51. The molecule has 2 unspecified atom stereocenters. The Kier molecular flexibility index (Phi) is 5.46. The number of benzene rings is 1. The SMILES string of the molecule is [2H]C([2H])(O)CC1(NS(=O)C(C)(C)C)c2cc(Br)ccc2CC12CCC(OC)CC2. The molecule has 2 N–H and O–H groups in total. The van der Waals surface area contributed by atoms with Gasteiger partial charge in [0.1, 0.15) is 0 Å². The maximum Gasteiger partial charge on any atom is 0.0978 e. The normalized spacial score (nSPS) is 33.5. The van der Waals surface area contributed by atoms with Gasteiger partial charge >= 0.3 is 0 Å². The Labute approximate surface area is 177 Å². The first-order chi connectivity index (χ1) is 13.3. The minimum atomic E-state index is -2.40. The van der Waals surface area contributed by atoms with Crippen molar-refractivity contribution in [1.29, 1.82) is 0 Å². The number of ether oxygens (including phenoxy) is 1. The fraction of sp³-hybridized carbons (Fsp3) is 0.714. The predicted molar refractivity (Wildman–Crippen MR) is 114 cm³/mol. The minimum Gasteiger partial charge on any atom is -0.396 e. The lowest BCUT2D eigenvalue weighted by atomic mass is 9.61. The van der Waals surface area contributed by atoms with Gasteiger partial charge in [-0.15, -0.1) is 0 Å². The molecule has 6 heteroatoms. The Hall–Kier alpha value is -0.270. The third kappa shape index (κ3) is 3.80. The topological polar surface area (TPSA) is 58.6 Å². The Balaban J connectivity index is 2.18. The number of rotatable bonds is 5. The number of methoxy groups -OCH3 is 1. The molecule has 0 aliphatic heterocycles. The maximum absolute atomic E-state index is 13.3. The molecule has 1 aromatic rings. The van der Waals surface area contributed by atoms with Crippen LogP contribution in [0.25, 0.3) is 0 Å². The summed E-state index contributed by atoms with van der Waals surface area (Å²) in [5, 5.41) is 10.3. The van der Waals surface area contributed by atoms with Gasteiger partial charge < -0.3 is 9.84 Å². The van der Waals surface area contributed by atoms with Crippen molar-refractivity contribution < 1.29 is 16.8 Å². The van der Waals surface area contributed by atoms with Crippen LogP contribution >= 0.6 is 15.9 Å². The first-order valence-corrected chi connectivity index (χ1v) is 11.5. The molecule has 2 atom stereocenters. The van der Waals surface area contributed by atoms with Crippen molar-refractivity contribution in [3.8, 4) is 0 Å². The highest BCUT2D eigenvalue weighted by molar-refractivity contribution is 9.10. The minimum absolute atomic E-state index is 0.150. The Morgan fingerprint density at radius 2 is 2.07 bits per heavy atom. The van der Waals surface area contributed by atoms with Crippen LogP contribution in [0.5, 0.6) is 0 Å². The molecule has 4 nitrogen and oxygen atoms in total. The summed E-state index contributed by atoms with van der Waals surface area (Å²) >= 11 is 3.56. The van der Waals surface area contributed by atoms with Crippen LogP contribution in [-0.4, -0.2) is 33.8 Å². The van der Waals surface area contributed by atoms with Crippen LogP contribution in [0.2, 0.25) is 0 Å². The first kappa shape index (κ1) is 18.7. The van der Waals surface area contributed by atoms with Crippen LogP contribution in [0, 0.1) is 5.41 Å². The summed E-state index contributed by atoms with van der Waals surface area (Å²) in [5.74, 6) is 0. The molecule has 1 saturated carbocycles. The van der Waals surface area contributed by atoms with Crippen molar-refractivity contribution in [3.63, 3.8) is 0 Å². The summed E-state index contributed by atoms with van der Waals surface area (Å²) in [6.45, 7) is 3.32. The van der Waals surface area contributed by atoms with E-state index in [1.807, 2.05) is 32.9 Å². The van der Waals surface area contributed by atoms with Crippen molar-refractivity contribution in [1.82, 2.24) is 4.72 Å². The lowest BCUT2D eigenvalue weighted by molar-refractivity contribution is -0.0160. The van der Waals surface area contributed by atoms with Crippen LogP contribution in [0.4, 0.5) is 0 Å². The summed E-state index contributed by atoms with van der Waals surface area (Å²) in [7, 11) is 0.304. The van der Waals surface area contributed by atoms with Gasteiger partial charge in [-0.2, -0.15) is 0 Å². The van der Waals surface area contributed by atoms with Gasteiger partial charge in [-0.05, 0) is 88.0 Å². The van der Waals surface area contributed by atoms with E-state index in [9.17, 15) is 9.32 Å². The van der Waals surface area contributed by atoms with Crippen molar-refractivity contribution in [2.24, 2.45) is 5.41 Å². The summed E-state index contributed by atoms with van der Waals surface area (Å²) in [5.41, 5.74) is 0.814. The van der Waals surface area contributed by atoms with E-state index in [1.54, 1.807) is 7.11 Å².